The van der Waals surface area contributed by atoms with Crippen molar-refractivity contribution in [2.24, 2.45) is 0 Å². The highest BCUT2D eigenvalue weighted by molar-refractivity contribution is 5.46. The number of hydrogen-bond donors (Lipinski definition) is 1. The molecule has 0 radical (unpaired) electrons. The number of phenolic OH excluding ortho intramolecular Hbond substituents is 1. The zero-order valence-electron chi connectivity index (χ0n) is 6.87. The number of ether oxygens (including phenoxy) is 1. The van der Waals surface area contributed by atoms with Crippen LogP contribution >= 0.6 is 0 Å². The van der Waals surface area contributed by atoms with E-state index in [2.05, 4.69) is 5.92 Å². The van der Waals surface area contributed by atoms with E-state index in [9.17, 15) is 5.11 Å². The summed E-state index contributed by atoms with van der Waals surface area (Å²) in [6, 6.07) is 5.14. The fourth-order valence-corrected chi connectivity index (χ4v) is 1.06. The van der Waals surface area contributed by atoms with Gasteiger partial charge in [0.1, 0.15) is 0 Å². The molecule has 0 aliphatic heterocycles. The zero-order valence-corrected chi connectivity index (χ0v) is 6.87. The van der Waals surface area contributed by atoms with Gasteiger partial charge in [-0.15, -0.1) is 12.3 Å². The van der Waals surface area contributed by atoms with Gasteiger partial charge in [-0.25, -0.2) is 0 Å². The van der Waals surface area contributed by atoms with Gasteiger partial charge in [0.15, 0.2) is 11.5 Å². The van der Waals surface area contributed by atoms with Crippen molar-refractivity contribution in [3.63, 3.8) is 0 Å². The second kappa shape index (κ2) is 3.68. The van der Waals surface area contributed by atoms with E-state index in [-0.39, 0.29) is 5.75 Å². The molecule has 1 aromatic carbocycles. The van der Waals surface area contributed by atoms with Gasteiger partial charge >= 0.3 is 0 Å². The fourth-order valence-electron chi connectivity index (χ4n) is 1.06. The normalized spacial score (nSPS) is 9.00. The summed E-state index contributed by atoms with van der Waals surface area (Å²) in [6.45, 7) is 0. The number of hydrogen-bond acceptors (Lipinski definition) is 2. The van der Waals surface area contributed by atoms with Crippen LogP contribution in [0.4, 0.5) is 0 Å². The van der Waals surface area contributed by atoms with Crippen molar-refractivity contribution in [3.05, 3.63) is 23.8 Å². The monoisotopic (exact) mass is 162 g/mol. The molecule has 0 unspecified atom stereocenters. The average molecular weight is 162 g/mol. The van der Waals surface area contributed by atoms with Crippen molar-refractivity contribution in [1.29, 1.82) is 0 Å². The van der Waals surface area contributed by atoms with Crippen LogP contribution in [0.25, 0.3) is 0 Å². The number of rotatable bonds is 2. The van der Waals surface area contributed by atoms with Gasteiger partial charge in [0, 0.05) is 12.0 Å². The summed E-state index contributed by atoms with van der Waals surface area (Å²) in [7, 11) is 1.51. The SMILES string of the molecule is C#CCc1cccc(O)c1OC. The lowest BCUT2D eigenvalue weighted by Crippen LogP contribution is -1.90. The third-order valence-electron chi connectivity index (χ3n) is 1.57. The first kappa shape index (κ1) is 8.48. The number of aromatic hydroxyl groups is 1. The van der Waals surface area contributed by atoms with Crippen molar-refractivity contribution in [3.8, 4) is 23.8 Å². The van der Waals surface area contributed by atoms with E-state index in [1.54, 1.807) is 12.1 Å². The van der Waals surface area contributed by atoms with Crippen LogP contribution in [0.1, 0.15) is 5.56 Å². The van der Waals surface area contributed by atoms with Gasteiger partial charge in [-0.1, -0.05) is 12.1 Å². The van der Waals surface area contributed by atoms with Crippen LogP contribution in [0.2, 0.25) is 0 Å². The lowest BCUT2D eigenvalue weighted by Gasteiger charge is -2.06. The third-order valence-corrected chi connectivity index (χ3v) is 1.57. The molecular weight excluding hydrogens is 152 g/mol. The van der Waals surface area contributed by atoms with Gasteiger partial charge in [0.2, 0.25) is 0 Å². The Labute approximate surface area is 71.8 Å². The molecule has 2 nitrogen and oxygen atoms in total. The Morgan fingerprint density at radius 2 is 2.33 bits per heavy atom. The maximum absolute atomic E-state index is 9.32. The van der Waals surface area contributed by atoms with Gasteiger partial charge in [0.05, 0.1) is 7.11 Å². The first-order valence-corrected chi connectivity index (χ1v) is 3.58. The smallest absolute Gasteiger partial charge is 0.164 e. The predicted molar refractivity (Wildman–Crippen MR) is 47.2 cm³/mol. The molecule has 12 heavy (non-hydrogen) atoms. The number of para-hydroxylation sites is 1. The number of benzene rings is 1. The Morgan fingerprint density at radius 3 is 2.92 bits per heavy atom. The molecular formula is C10H10O2. The number of phenols is 1. The first-order chi connectivity index (χ1) is 5.79. The zero-order chi connectivity index (χ0) is 8.97. The summed E-state index contributed by atoms with van der Waals surface area (Å²) in [5.74, 6) is 3.09. The second-order valence-corrected chi connectivity index (χ2v) is 2.35. The van der Waals surface area contributed by atoms with Crippen LogP contribution in [-0.2, 0) is 6.42 Å². The molecule has 0 aromatic heterocycles. The van der Waals surface area contributed by atoms with Gasteiger partial charge in [-0.2, -0.15) is 0 Å². The van der Waals surface area contributed by atoms with E-state index in [1.807, 2.05) is 6.07 Å². The summed E-state index contributed by atoms with van der Waals surface area (Å²) in [5, 5.41) is 9.32. The van der Waals surface area contributed by atoms with E-state index in [1.165, 1.54) is 7.11 Å². The maximum Gasteiger partial charge on any atom is 0.164 e. The minimum Gasteiger partial charge on any atom is -0.504 e. The molecule has 0 heterocycles. The Bertz CT molecular complexity index is 310. The van der Waals surface area contributed by atoms with Crippen LogP contribution in [0, 0.1) is 12.3 Å². The lowest BCUT2D eigenvalue weighted by atomic mass is 10.1. The van der Waals surface area contributed by atoms with E-state index in [0.29, 0.717) is 12.2 Å². The quantitative estimate of drug-likeness (QED) is 0.669. The fraction of sp³-hybridized carbons (Fsp3) is 0.200. The average Bonchev–Trinajstić information content (AvgIpc) is 2.05. The summed E-state index contributed by atoms with van der Waals surface area (Å²) in [6.07, 6.45) is 5.62. The number of methoxy groups -OCH3 is 1. The van der Waals surface area contributed by atoms with Crippen LogP contribution in [-0.4, -0.2) is 12.2 Å². The summed E-state index contributed by atoms with van der Waals surface area (Å²) < 4.78 is 4.98. The molecule has 0 aliphatic rings. The lowest BCUT2D eigenvalue weighted by molar-refractivity contribution is 0.370. The minimum absolute atomic E-state index is 0.130. The molecule has 1 aromatic rings. The van der Waals surface area contributed by atoms with Crippen molar-refractivity contribution in [1.82, 2.24) is 0 Å². The van der Waals surface area contributed by atoms with Crippen molar-refractivity contribution in [2.75, 3.05) is 7.11 Å². The molecule has 0 aliphatic carbocycles. The van der Waals surface area contributed by atoms with Gasteiger partial charge in [-0.3, -0.25) is 0 Å². The molecule has 1 rings (SSSR count). The Morgan fingerprint density at radius 1 is 1.58 bits per heavy atom. The first-order valence-electron chi connectivity index (χ1n) is 3.58. The van der Waals surface area contributed by atoms with E-state index >= 15 is 0 Å². The second-order valence-electron chi connectivity index (χ2n) is 2.35. The molecule has 0 atom stereocenters. The molecule has 62 valence electrons. The Balaban J connectivity index is 3.11. The number of terminal acetylenes is 1. The van der Waals surface area contributed by atoms with Crippen molar-refractivity contribution in [2.45, 2.75) is 6.42 Å². The van der Waals surface area contributed by atoms with Crippen molar-refractivity contribution < 1.29 is 9.84 Å². The largest absolute Gasteiger partial charge is 0.504 e. The molecule has 0 amide bonds. The molecule has 0 fully saturated rings. The van der Waals surface area contributed by atoms with Crippen LogP contribution in [0.5, 0.6) is 11.5 Å². The van der Waals surface area contributed by atoms with Gasteiger partial charge in [0.25, 0.3) is 0 Å². The van der Waals surface area contributed by atoms with Crippen LogP contribution in [0.15, 0.2) is 18.2 Å². The van der Waals surface area contributed by atoms with Gasteiger partial charge in [-0.05, 0) is 6.07 Å². The predicted octanol–water partition coefficient (Wildman–Crippen LogP) is 1.58. The van der Waals surface area contributed by atoms with Crippen molar-refractivity contribution >= 4 is 0 Å². The summed E-state index contributed by atoms with van der Waals surface area (Å²) >= 11 is 0. The molecule has 0 spiro atoms. The molecule has 2 heteroatoms. The van der Waals surface area contributed by atoms with E-state index in [4.69, 9.17) is 11.2 Å². The van der Waals surface area contributed by atoms with Crippen LogP contribution < -0.4 is 4.74 Å². The topological polar surface area (TPSA) is 29.5 Å². The van der Waals surface area contributed by atoms with E-state index in [0.717, 1.165) is 5.56 Å². The van der Waals surface area contributed by atoms with Crippen LogP contribution in [0.3, 0.4) is 0 Å². The Kier molecular flexibility index (Phi) is 2.60. The highest BCUT2D eigenvalue weighted by Crippen LogP contribution is 2.29. The Hall–Kier alpha value is -1.62. The van der Waals surface area contributed by atoms with E-state index < -0.39 is 0 Å². The highest BCUT2D eigenvalue weighted by Gasteiger charge is 2.05. The summed E-state index contributed by atoms with van der Waals surface area (Å²) in [5.41, 5.74) is 0.833. The molecule has 0 bridgehead atoms. The molecule has 1 N–H and O–H groups in total. The molecule has 0 saturated heterocycles. The molecule has 0 saturated carbocycles. The third kappa shape index (κ3) is 1.51. The highest BCUT2D eigenvalue weighted by atomic mass is 16.5. The minimum atomic E-state index is 0.130. The summed E-state index contributed by atoms with van der Waals surface area (Å²) in [4.78, 5) is 0. The maximum atomic E-state index is 9.32. The standard InChI is InChI=1S/C10H10O2/c1-3-5-8-6-4-7-9(11)10(8)12-2/h1,4,6-7,11H,5H2,2H3. The van der Waals surface area contributed by atoms with Gasteiger partial charge < -0.3 is 9.84 Å².